The zero-order valence-corrected chi connectivity index (χ0v) is 11.0. The molecule has 0 aliphatic rings. The van der Waals surface area contributed by atoms with Crippen LogP contribution in [0.15, 0.2) is 41.8 Å². The van der Waals surface area contributed by atoms with Gasteiger partial charge in [0.25, 0.3) is 0 Å². The molecule has 0 spiro atoms. The van der Waals surface area contributed by atoms with E-state index < -0.39 is 0 Å². The minimum absolute atomic E-state index is 0.0234. The molecule has 1 aromatic carbocycles. The van der Waals surface area contributed by atoms with E-state index in [1.54, 1.807) is 11.3 Å². The molecule has 0 fully saturated rings. The average Bonchev–Trinajstić information content (AvgIpc) is 2.90. The first-order valence-electron chi connectivity index (χ1n) is 6.19. The van der Waals surface area contributed by atoms with Crippen molar-refractivity contribution in [2.45, 2.75) is 32.2 Å². The Labute approximate surface area is 107 Å². The van der Waals surface area contributed by atoms with Gasteiger partial charge in [-0.25, -0.2) is 0 Å². The molecule has 0 radical (unpaired) electrons. The lowest BCUT2D eigenvalue weighted by Crippen LogP contribution is -2.09. The summed E-state index contributed by atoms with van der Waals surface area (Å²) in [6.45, 7) is 2.22. The van der Waals surface area contributed by atoms with E-state index in [1.165, 1.54) is 35.3 Å². The van der Waals surface area contributed by atoms with E-state index in [0.717, 1.165) is 0 Å². The van der Waals surface area contributed by atoms with E-state index >= 15 is 0 Å². The van der Waals surface area contributed by atoms with Crippen molar-refractivity contribution in [3.8, 4) is 0 Å². The fourth-order valence-electron chi connectivity index (χ4n) is 1.91. The van der Waals surface area contributed by atoms with E-state index in [1.807, 2.05) is 0 Å². The molecule has 17 heavy (non-hydrogen) atoms. The molecule has 2 heteroatoms. The molecule has 0 saturated carbocycles. The molecule has 0 aliphatic carbocycles. The zero-order valence-electron chi connectivity index (χ0n) is 10.2. The van der Waals surface area contributed by atoms with Crippen molar-refractivity contribution < 1.29 is 0 Å². The second kappa shape index (κ2) is 5.99. The first kappa shape index (κ1) is 12.3. The summed E-state index contributed by atoms with van der Waals surface area (Å²) in [6.07, 6.45) is 3.68. The van der Waals surface area contributed by atoms with E-state index in [0.29, 0.717) is 0 Å². The lowest BCUT2D eigenvalue weighted by Gasteiger charge is -2.10. The van der Waals surface area contributed by atoms with Gasteiger partial charge in [-0.2, -0.15) is 0 Å². The van der Waals surface area contributed by atoms with Gasteiger partial charge in [0.05, 0.1) is 6.04 Å². The third kappa shape index (κ3) is 3.18. The van der Waals surface area contributed by atoms with Crippen molar-refractivity contribution in [2.24, 2.45) is 5.73 Å². The summed E-state index contributed by atoms with van der Waals surface area (Å²) in [5.74, 6) is 0. The summed E-state index contributed by atoms with van der Waals surface area (Å²) in [6, 6.07) is 12.9. The van der Waals surface area contributed by atoms with Crippen molar-refractivity contribution in [3.63, 3.8) is 0 Å². The lowest BCUT2D eigenvalue weighted by molar-refractivity contribution is 0.793. The Hall–Kier alpha value is -1.12. The van der Waals surface area contributed by atoms with Crippen LogP contribution in [0.25, 0.3) is 0 Å². The maximum absolute atomic E-state index is 6.22. The largest absolute Gasteiger partial charge is 0.320 e. The summed E-state index contributed by atoms with van der Waals surface area (Å²) >= 11 is 1.72. The Balaban J connectivity index is 2.07. The fraction of sp³-hybridized carbons (Fsp3) is 0.333. The van der Waals surface area contributed by atoms with E-state index in [9.17, 15) is 0 Å². The van der Waals surface area contributed by atoms with Gasteiger partial charge in [-0.05, 0) is 35.4 Å². The van der Waals surface area contributed by atoms with Crippen molar-refractivity contribution in [1.82, 2.24) is 0 Å². The van der Waals surface area contributed by atoms with Gasteiger partial charge in [-0.3, -0.25) is 0 Å². The van der Waals surface area contributed by atoms with Crippen molar-refractivity contribution >= 4 is 11.3 Å². The molecule has 90 valence electrons. The van der Waals surface area contributed by atoms with Crippen molar-refractivity contribution in [3.05, 3.63) is 57.8 Å². The minimum Gasteiger partial charge on any atom is -0.320 e. The molecule has 0 aliphatic heterocycles. The van der Waals surface area contributed by atoms with Crippen LogP contribution in [0, 0.1) is 0 Å². The van der Waals surface area contributed by atoms with E-state index in [2.05, 4.69) is 48.7 Å². The number of hydrogen-bond donors (Lipinski definition) is 1. The highest BCUT2D eigenvalue weighted by Crippen LogP contribution is 2.24. The molecule has 2 aromatic rings. The number of hydrogen-bond acceptors (Lipinski definition) is 2. The summed E-state index contributed by atoms with van der Waals surface area (Å²) in [4.78, 5) is 1.23. The molecular formula is C15H19NS. The number of aryl methyl sites for hydroxylation is 1. The van der Waals surface area contributed by atoms with Crippen LogP contribution in [0.1, 0.15) is 41.8 Å². The predicted octanol–water partition coefficient (Wildman–Crippen LogP) is 4.14. The Morgan fingerprint density at radius 2 is 1.94 bits per heavy atom. The first-order valence-corrected chi connectivity index (χ1v) is 7.07. The third-order valence-corrected chi connectivity index (χ3v) is 3.96. The number of nitrogens with two attached hydrogens (primary N) is 1. The molecule has 1 atom stereocenters. The summed E-state index contributed by atoms with van der Waals surface area (Å²) in [7, 11) is 0. The topological polar surface area (TPSA) is 26.0 Å². The second-order valence-electron chi connectivity index (χ2n) is 4.34. The molecule has 0 unspecified atom stereocenters. The average molecular weight is 245 g/mol. The Kier molecular flexibility index (Phi) is 4.35. The molecular weight excluding hydrogens is 226 g/mol. The van der Waals surface area contributed by atoms with Crippen LogP contribution in [-0.2, 0) is 6.42 Å². The maximum atomic E-state index is 6.22. The smallest absolute Gasteiger partial charge is 0.0645 e. The minimum atomic E-state index is 0.0234. The van der Waals surface area contributed by atoms with Gasteiger partial charge in [0, 0.05) is 4.88 Å². The van der Waals surface area contributed by atoms with Gasteiger partial charge in [-0.1, -0.05) is 43.7 Å². The quantitative estimate of drug-likeness (QED) is 0.841. The van der Waals surface area contributed by atoms with Gasteiger partial charge in [-0.15, -0.1) is 11.3 Å². The monoisotopic (exact) mass is 245 g/mol. The Bertz CT molecular complexity index is 430. The summed E-state index contributed by atoms with van der Waals surface area (Å²) in [5.41, 5.74) is 8.83. The van der Waals surface area contributed by atoms with Gasteiger partial charge in [0.1, 0.15) is 0 Å². The normalized spacial score (nSPS) is 12.6. The SMILES string of the molecule is CCCCc1ccc([C@@H](N)c2cccs2)cc1. The molecule has 2 rings (SSSR count). The molecule has 2 N–H and O–H groups in total. The standard InChI is InChI=1S/C15H19NS/c1-2-3-5-12-7-9-13(10-8-12)15(16)14-6-4-11-17-14/h4,6-11,15H,2-3,5,16H2,1H3/t15-/m1/s1. The molecule has 0 bridgehead atoms. The summed E-state index contributed by atoms with van der Waals surface area (Å²) in [5, 5.41) is 2.07. The zero-order chi connectivity index (χ0) is 12.1. The highest BCUT2D eigenvalue weighted by Gasteiger charge is 2.09. The molecule has 1 heterocycles. The highest BCUT2D eigenvalue weighted by atomic mass is 32.1. The Morgan fingerprint density at radius 3 is 2.53 bits per heavy atom. The van der Waals surface area contributed by atoms with Crippen LogP contribution in [0.2, 0.25) is 0 Å². The molecule has 1 aromatic heterocycles. The highest BCUT2D eigenvalue weighted by molar-refractivity contribution is 7.10. The van der Waals surface area contributed by atoms with Crippen molar-refractivity contribution in [1.29, 1.82) is 0 Å². The number of unbranched alkanes of at least 4 members (excludes halogenated alkanes) is 1. The number of thiophene rings is 1. The third-order valence-electron chi connectivity index (χ3n) is 3.01. The molecule has 0 saturated heterocycles. The van der Waals surface area contributed by atoms with E-state index in [-0.39, 0.29) is 6.04 Å². The van der Waals surface area contributed by atoms with Crippen LogP contribution in [0.4, 0.5) is 0 Å². The van der Waals surface area contributed by atoms with Crippen LogP contribution in [0.5, 0.6) is 0 Å². The summed E-state index contributed by atoms with van der Waals surface area (Å²) < 4.78 is 0. The molecule has 1 nitrogen and oxygen atoms in total. The fourth-order valence-corrected chi connectivity index (χ4v) is 2.66. The predicted molar refractivity (Wildman–Crippen MR) is 75.4 cm³/mol. The van der Waals surface area contributed by atoms with Gasteiger partial charge in [0.15, 0.2) is 0 Å². The van der Waals surface area contributed by atoms with Crippen LogP contribution in [-0.4, -0.2) is 0 Å². The number of benzene rings is 1. The van der Waals surface area contributed by atoms with Crippen LogP contribution in [0.3, 0.4) is 0 Å². The maximum Gasteiger partial charge on any atom is 0.0645 e. The van der Waals surface area contributed by atoms with Gasteiger partial charge >= 0.3 is 0 Å². The Morgan fingerprint density at radius 1 is 1.18 bits per heavy atom. The van der Waals surface area contributed by atoms with Crippen molar-refractivity contribution in [2.75, 3.05) is 0 Å². The van der Waals surface area contributed by atoms with Gasteiger partial charge < -0.3 is 5.73 Å². The molecule has 0 amide bonds. The van der Waals surface area contributed by atoms with Gasteiger partial charge in [0.2, 0.25) is 0 Å². The number of rotatable bonds is 5. The van der Waals surface area contributed by atoms with Crippen LogP contribution >= 0.6 is 11.3 Å². The van der Waals surface area contributed by atoms with Crippen LogP contribution < -0.4 is 5.73 Å². The second-order valence-corrected chi connectivity index (χ2v) is 5.32. The first-order chi connectivity index (χ1) is 8.31. The van der Waals surface area contributed by atoms with E-state index in [4.69, 9.17) is 5.73 Å². The lowest BCUT2D eigenvalue weighted by atomic mass is 10.0.